The number of hydrogen-bond acceptors (Lipinski definition) is 8. The van der Waals surface area contributed by atoms with E-state index < -0.39 is 33.1 Å². The van der Waals surface area contributed by atoms with Crippen LogP contribution in [0.3, 0.4) is 0 Å². The Kier molecular flexibility index (Phi) is 8.00. The maximum absolute atomic E-state index is 13.3. The van der Waals surface area contributed by atoms with Crippen LogP contribution in [0.1, 0.15) is 5.56 Å². The van der Waals surface area contributed by atoms with E-state index in [0.29, 0.717) is 21.4 Å². The van der Waals surface area contributed by atoms with Crippen molar-refractivity contribution in [3.05, 3.63) is 88.5 Å². The summed E-state index contributed by atoms with van der Waals surface area (Å²) in [6.45, 7) is -0.751. The van der Waals surface area contributed by atoms with Crippen molar-refractivity contribution < 1.29 is 27.6 Å². The van der Waals surface area contributed by atoms with E-state index in [2.05, 4.69) is 10.5 Å². The third-order valence-corrected chi connectivity index (χ3v) is 6.57. The molecule has 1 amide bonds. The molecule has 0 aliphatic heterocycles. The fourth-order valence-electron chi connectivity index (χ4n) is 3.11. The number of carbonyl (C=O) groups excluding carboxylic acids is 1. The average Bonchev–Trinajstić information content (AvgIpc) is 2.87. The number of nitrogens with zero attached hydrogens (tertiary/aromatic N) is 3. The number of nitro benzene ring substituents is 1. The van der Waals surface area contributed by atoms with Gasteiger partial charge in [-0.3, -0.25) is 14.9 Å². The smallest absolute Gasteiger partial charge is 0.293 e. The van der Waals surface area contributed by atoms with Gasteiger partial charge in [-0.05, 0) is 30.3 Å². The molecule has 12 heteroatoms. The maximum Gasteiger partial charge on any atom is 0.293 e. The number of methoxy groups -OCH3 is 2. The second-order valence-electron chi connectivity index (χ2n) is 6.97. The van der Waals surface area contributed by atoms with Gasteiger partial charge in [0, 0.05) is 17.7 Å². The van der Waals surface area contributed by atoms with Gasteiger partial charge in [0.15, 0.2) is 0 Å². The summed E-state index contributed by atoms with van der Waals surface area (Å²) in [6, 6.07) is 17.6. The Labute approximate surface area is 201 Å². The first-order valence-corrected chi connectivity index (χ1v) is 11.6. The summed E-state index contributed by atoms with van der Waals surface area (Å²) in [6.07, 6.45) is 1.32. The maximum atomic E-state index is 13.3. The largest absolute Gasteiger partial charge is 0.497 e. The molecule has 0 unspecified atom stereocenters. The molecule has 3 rings (SSSR count). The number of carbonyl (C=O) groups is 1. The number of nitro groups is 1. The standard InChI is InChI=1S/C23H22N4O7S/c1-33-18-13-12-17(22(14-18)34-2)15-24-25-23(28)16-26(20-10-6-7-11-21(20)27(29)30)35(31,32)19-8-4-3-5-9-19/h3-15H,16H2,1-2H3,(H,25,28)/b24-15-. The minimum atomic E-state index is -4.32. The number of benzene rings is 3. The van der Waals surface area contributed by atoms with E-state index in [-0.39, 0.29) is 10.6 Å². The highest BCUT2D eigenvalue weighted by Gasteiger charge is 2.31. The van der Waals surface area contributed by atoms with Crippen molar-refractivity contribution in [1.82, 2.24) is 5.43 Å². The van der Waals surface area contributed by atoms with E-state index >= 15 is 0 Å². The Balaban J connectivity index is 1.90. The highest BCUT2D eigenvalue weighted by molar-refractivity contribution is 7.92. The molecular weight excluding hydrogens is 476 g/mol. The number of nitrogens with one attached hydrogen (secondary N) is 1. The molecule has 0 aromatic heterocycles. The summed E-state index contributed by atoms with van der Waals surface area (Å²) >= 11 is 0. The van der Waals surface area contributed by atoms with Crippen LogP contribution in [0.4, 0.5) is 11.4 Å². The number of sulfonamides is 1. The van der Waals surface area contributed by atoms with E-state index in [0.717, 1.165) is 6.07 Å². The molecule has 0 atom stereocenters. The molecule has 0 aliphatic carbocycles. The lowest BCUT2D eigenvalue weighted by atomic mass is 10.2. The predicted molar refractivity (Wildman–Crippen MR) is 129 cm³/mol. The Morgan fingerprint density at radius 2 is 1.74 bits per heavy atom. The third kappa shape index (κ3) is 5.92. The van der Waals surface area contributed by atoms with Crippen LogP contribution in [-0.4, -0.2) is 46.2 Å². The van der Waals surface area contributed by atoms with Gasteiger partial charge < -0.3 is 9.47 Å². The van der Waals surface area contributed by atoms with E-state index in [9.17, 15) is 23.3 Å². The van der Waals surface area contributed by atoms with Crippen LogP contribution in [0.15, 0.2) is 82.8 Å². The van der Waals surface area contributed by atoms with Crippen molar-refractivity contribution in [3.63, 3.8) is 0 Å². The third-order valence-electron chi connectivity index (χ3n) is 4.80. The van der Waals surface area contributed by atoms with Gasteiger partial charge in [0.2, 0.25) is 0 Å². The zero-order chi connectivity index (χ0) is 25.4. The van der Waals surface area contributed by atoms with E-state index in [1.54, 1.807) is 24.3 Å². The monoisotopic (exact) mass is 498 g/mol. The van der Waals surface area contributed by atoms with Crippen molar-refractivity contribution in [2.45, 2.75) is 4.90 Å². The van der Waals surface area contributed by atoms with Crippen molar-refractivity contribution in [2.24, 2.45) is 5.10 Å². The Morgan fingerprint density at radius 3 is 2.40 bits per heavy atom. The first kappa shape index (κ1) is 25.2. The molecule has 182 valence electrons. The first-order valence-electron chi connectivity index (χ1n) is 10.1. The molecule has 0 heterocycles. The van der Waals surface area contributed by atoms with Crippen LogP contribution in [0, 0.1) is 10.1 Å². The van der Waals surface area contributed by atoms with Crippen LogP contribution >= 0.6 is 0 Å². The van der Waals surface area contributed by atoms with Crippen LogP contribution in [0.2, 0.25) is 0 Å². The molecule has 0 bridgehead atoms. The predicted octanol–water partition coefficient (Wildman–Crippen LogP) is 2.96. The van der Waals surface area contributed by atoms with Gasteiger partial charge in [-0.2, -0.15) is 5.10 Å². The van der Waals surface area contributed by atoms with Gasteiger partial charge in [0.1, 0.15) is 23.7 Å². The van der Waals surface area contributed by atoms with Gasteiger partial charge in [0.05, 0.1) is 30.3 Å². The minimum absolute atomic E-state index is 0.127. The van der Waals surface area contributed by atoms with Crippen LogP contribution < -0.4 is 19.2 Å². The Bertz CT molecular complexity index is 1340. The van der Waals surface area contributed by atoms with Crippen molar-refractivity contribution >= 4 is 33.5 Å². The molecule has 3 aromatic carbocycles. The highest BCUT2D eigenvalue weighted by atomic mass is 32.2. The van der Waals surface area contributed by atoms with Crippen molar-refractivity contribution in [3.8, 4) is 11.5 Å². The molecule has 35 heavy (non-hydrogen) atoms. The first-order chi connectivity index (χ1) is 16.8. The summed E-state index contributed by atoms with van der Waals surface area (Å²) in [7, 11) is -1.35. The summed E-state index contributed by atoms with van der Waals surface area (Å²) in [5.74, 6) is 0.191. The molecule has 11 nitrogen and oxygen atoms in total. The van der Waals surface area contributed by atoms with Crippen LogP contribution in [-0.2, 0) is 14.8 Å². The zero-order valence-corrected chi connectivity index (χ0v) is 19.6. The molecule has 0 spiro atoms. The lowest BCUT2D eigenvalue weighted by molar-refractivity contribution is -0.384. The number of para-hydroxylation sites is 2. The summed E-state index contributed by atoms with van der Waals surface area (Å²) in [5, 5.41) is 15.4. The second kappa shape index (κ2) is 11.1. The molecule has 3 aromatic rings. The number of rotatable bonds is 10. The Morgan fingerprint density at radius 1 is 1.06 bits per heavy atom. The minimum Gasteiger partial charge on any atom is -0.497 e. The molecule has 1 N–H and O–H groups in total. The molecule has 0 radical (unpaired) electrons. The molecule has 0 saturated carbocycles. The zero-order valence-electron chi connectivity index (χ0n) is 18.8. The quantitative estimate of drug-likeness (QED) is 0.257. The van der Waals surface area contributed by atoms with Gasteiger partial charge >= 0.3 is 0 Å². The average molecular weight is 499 g/mol. The van der Waals surface area contributed by atoms with Crippen molar-refractivity contribution in [1.29, 1.82) is 0 Å². The van der Waals surface area contributed by atoms with Crippen LogP contribution in [0.5, 0.6) is 11.5 Å². The SMILES string of the molecule is COc1ccc(/C=N\NC(=O)CN(c2ccccc2[N+](=O)[O-])S(=O)(=O)c2ccccc2)c(OC)c1. The molecule has 0 saturated heterocycles. The fraction of sp³-hybridized carbons (Fsp3) is 0.130. The number of hydrazone groups is 1. The summed E-state index contributed by atoms with van der Waals surface area (Å²) in [4.78, 5) is 23.4. The normalized spacial score (nSPS) is 11.1. The summed E-state index contributed by atoms with van der Waals surface area (Å²) in [5.41, 5.74) is 2.06. The number of anilines is 1. The van der Waals surface area contributed by atoms with Gasteiger partial charge in [-0.25, -0.2) is 18.1 Å². The molecular formula is C23H22N4O7S. The Hall–Kier alpha value is -4.45. The van der Waals surface area contributed by atoms with E-state index in [1.807, 2.05) is 0 Å². The van der Waals surface area contributed by atoms with Gasteiger partial charge in [-0.1, -0.05) is 30.3 Å². The number of ether oxygens (including phenoxy) is 2. The lowest BCUT2D eigenvalue weighted by Gasteiger charge is -2.23. The number of hydrogen-bond donors (Lipinski definition) is 1. The highest BCUT2D eigenvalue weighted by Crippen LogP contribution is 2.32. The molecule has 0 aliphatic rings. The number of amides is 1. The van der Waals surface area contributed by atoms with Gasteiger partial charge in [-0.15, -0.1) is 0 Å². The van der Waals surface area contributed by atoms with E-state index in [4.69, 9.17) is 9.47 Å². The topological polar surface area (TPSA) is 140 Å². The second-order valence-corrected chi connectivity index (χ2v) is 8.83. The van der Waals surface area contributed by atoms with Crippen molar-refractivity contribution in [2.75, 3.05) is 25.1 Å². The summed E-state index contributed by atoms with van der Waals surface area (Å²) < 4.78 is 37.7. The lowest BCUT2D eigenvalue weighted by Crippen LogP contribution is -2.39. The molecule has 0 fully saturated rings. The van der Waals surface area contributed by atoms with E-state index in [1.165, 1.54) is 62.9 Å². The van der Waals surface area contributed by atoms with Gasteiger partial charge in [0.25, 0.3) is 21.6 Å². The fourth-order valence-corrected chi connectivity index (χ4v) is 4.57. The van der Waals surface area contributed by atoms with Crippen LogP contribution in [0.25, 0.3) is 0 Å².